The van der Waals surface area contributed by atoms with Gasteiger partial charge >= 0.3 is 0 Å². The van der Waals surface area contributed by atoms with Gasteiger partial charge in [-0.3, -0.25) is 4.57 Å². The molecule has 0 bridgehead atoms. The van der Waals surface area contributed by atoms with E-state index in [0.29, 0.717) is 25.0 Å². The fourth-order valence-electron chi connectivity index (χ4n) is 4.39. The maximum Gasteiger partial charge on any atom is 0.219 e. The number of nitrogens with two attached hydrogens (primary N) is 1. The van der Waals surface area contributed by atoms with Gasteiger partial charge in [-0.25, -0.2) is 24.9 Å². The first-order chi connectivity index (χ1) is 15.8. The Balaban J connectivity index is 1.53. The minimum absolute atomic E-state index is 0.239. The molecule has 2 saturated heterocycles. The van der Waals surface area contributed by atoms with E-state index in [0.717, 1.165) is 74.3 Å². The van der Waals surface area contributed by atoms with Crippen molar-refractivity contribution in [1.82, 2.24) is 34.8 Å². The largest absolute Gasteiger partial charge is 0.378 e. The van der Waals surface area contributed by atoms with Gasteiger partial charge in [-0.2, -0.15) is 0 Å². The van der Waals surface area contributed by atoms with Crippen LogP contribution in [-0.4, -0.2) is 82.0 Å². The number of piperazine rings is 1. The fraction of sp³-hybridized carbons (Fsp3) is 0.571. The first-order valence-corrected chi connectivity index (χ1v) is 11.4. The number of rotatable bonds is 5. The molecule has 3 aliphatic rings. The number of morpholine rings is 1. The summed E-state index contributed by atoms with van der Waals surface area (Å²) in [5.41, 5.74) is 8.20. The quantitative estimate of drug-likeness (QED) is 0.585. The van der Waals surface area contributed by atoms with Crippen LogP contribution in [0.25, 0.3) is 22.6 Å². The number of hydrogen-bond acceptors (Lipinski definition) is 10. The number of anilines is 3. The molecule has 0 aromatic carbocycles. The first-order valence-electron chi connectivity index (χ1n) is 11.4. The standard InChI is InChI=1S/C21H28N10O/c22-20-24-11-15(12-25-20)17-27-18(29-7-9-32-10-8-29)16-19(28-17)31(13-14-1-2-14)21(26-16)30-5-3-23-4-6-30/h11-12,14,23H,1-10,13H2,(H2,22,24,25). The summed E-state index contributed by atoms with van der Waals surface area (Å²) in [6, 6.07) is 0. The predicted octanol–water partition coefficient (Wildman–Crippen LogP) is 0.522. The molecule has 0 radical (unpaired) electrons. The van der Waals surface area contributed by atoms with Crippen LogP contribution in [0.15, 0.2) is 12.4 Å². The van der Waals surface area contributed by atoms with Crippen LogP contribution in [0, 0.1) is 5.92 Å². The molecule has 1 saturated carbocycles. The molecular formula is C21H28N10O. The Labute approximate surface area is 186 Å². The van der Waals surface area contributed by atoms with Gasteiger partial charge < -0.3 is 25.6 Å². The van der Waals surface area contributed by atoms with Crippen LogP contribution in [0.2, 0.25) is 0 Å². The minimum atomic E-state index is 0.239. The van der Waals surface area contributed by atoms with Crippen LogP contribution in [-0.2, 0) is 11.3 Å². The van der Waals surface area contributed by atoms with Crippen LogP contribution in [0.5, 0.6) is 0 Å². The van der Waals surface area contributed by atoms with Crippen LogP contribution in [0.1, 0.15) is 12.8 Å². The van der Waals surface area contributed by atoms with Gasteiger partial charge in [0.15, 0.2) is 22.8 Å². The highest BCUT2D eigenvalue weighted by atomic mass is 16.5. The van der Waals surface area contributed by atoms with Gasteiger partial charge in [-0.1, -0.05) is 0 Å². The third-order valence-electron chi connectivity index (χ3n) is 6.33. The summed E-state index contributed by atoms with van der Waals surface area (Å²) in [7, 11) is 0. The number of nitrogen functional groups attached to an aromatic ring is 1. The molecule has 11 nitrogen and oxygen atoms in total. The summed E-state index contributed by atoms with van der Waals surface area (Å²) in [4.78, 5) is 28.0. The Morgan fingerprint density at radius 1 is 0.969 bits per heavy atom. The van der Waals surface area contributed by atoms with E-state index in [1.54, 1.807) is 12.4 Å². The van der Waals surface area contributed by atoms with Crippen molar-refractivity contribution in [3.8, 4) is 11.4 Å². The lowest BCUT2D eigenvalue weighted by atomic mass is 10.3. The third kappa shape index (κ3) is 3.71. The van der Waals surface area contributed by atoms with Gasteiger partial charge in [-0.05, 0) is 18.8 Å². The van der Waals surface area contributed by atoms with Gasteiger partial charge in [0.1, 0.15) is 0 Å². The van der Waals surface area contributed by atoms with Crippen molar-refractivity contribution in [2.45, 2.75) is 19.4 Å². The number of nitrogens with one attached hydrogen (secondary N) is 1. The zero-order chi connectivity index (χ0) is 21.5. The lowest BCUT2D eigenvalue weighted by Gasteiger charge is -2.28. The van der Waals surface area contributed by atoms with Crippen molar-refractivity contribution in [3.05, 3.63) is 12.4 Å². The molecule has 0 atom stereocenters. The Hall–Kier alpha value is -3.05. The second kappa shape index (κ2) is 8.14. The molecule has 6 rings (SSSR count). The average molecular weight is 437 g/mol. The molecule has 1 aliphatic carbocycles. The molecular weight excluding hydrogens is 408 g/mol. The van der Waals surface area contributed by atoms with E-state index in [4.69, 9.17) is 25.4 Å². The zero-order valence-electron chi connectivity index (χ0n) is 18.1. The van der Waals surface area contributed by atoms with Gasteiger partial charge in [0.2, 0.25) is 11.9 Å². The second-order valence-electron chi connectivity index (χ2n) is 8.68. The molecule has 3 fully saturated rings. The topological polar surface area (TPSA) is 123 Å². The average Bonchev–Trinajstić information content (AvgIpc) is 3.60. The van der Waals surface area contributed by atoms with E-state index < -0.39 is 0 Å². The number of nitrogens with zero attached hydrogens (tertiary/aromatic N) is 8. The van der Waals surface area contributed by atoms with Gasteiger partial charge in [0.05, 0.1) is 18.8 Å². The highest BCUT2D eigenvalue weighted by Gasteiger charge is 2.30. The number of fused-ring (bicyclic) bond motifs is 1. The van der Waals surface area contributed by atoms with E-state index in [1.165, 1.54) is 12.8 Å². The van der Waals surface area contributed by atoms with E-state index in [9.17, 15) is 0 Å². The SMILES string of the molecule is Nc1ncc(-c2nc(N3CCOCC3)c3nc(N4CCNCC4)n(CC4CC4)c3n2)cn1. The summed E-state index contributed by atoms with van der Waals surface area (Å²) in [5, 5.41) is 3.44. The molecule has 11 heteroatoms. The maximum atomic E-state index is 5.70. The Bertz CT molecular complexity index is 1100. The van der Waals surface area contributed by atoms with Crippen molar-refractivity contribution in [3.63, 3.8) is 0 Å². The van der Waals surface area contributed by atoms with Crippen LogP contribution < -0.4 is 20.9 Å². The molecule has 32 heavy (non-hydrogen) atoms. The lowest BCUT2D eigenvalue weighted by molar-refractivity contribution is 0.122. The molecule has 3 N–H and O–H groups in total. The molecule has 168 valence electrons. The van der Waals surface area contributed by atoms with E-state index in [-0.39, 0.29) is 5.95 Å². The molecule has 0 amide bonds. The first kappa shape index (κ1) is 19.6. The van der Waals surface area contributed by atoms with Gasteiger partial charge in [-0.15, -0.1) is 0 Å². The predicted molar refractivity (Wildman–Crippen MR) is 122 cm³/mol. The second-order valence-corrected chi connectivity index (χ2v) is 8.68. The smallest absolute Gasteiger partial charge is 0.219 e. The third-order valence-corrected chi connectivity index (χ3v) is 6.33. The molecule has 0 spiro atoms. The molecule has 0 unspecified atom stereocenters. The van der Waals surface area contributed by atoms with E-state index in [2.05, 4.69) is 29.7 Å². The highest BCUT2D eigenvalue weighted by molar-refractivity contribution is 5.88. The normalized spacial score (nSPS) is 19.6. The maximum absolute atomic E-state index is 5.70. The van der Waals surface area contributed by atoms with Crippen molar-refractivity contribution in [1.29, 1.82) is 0 Å². The Morgan fingerprint density at radius 2 is 1.72 bits per heavy atom. The van der Waals surface area contributed by atoms with Crippen LogP contribution >= 0.6 is 0 Å². The number of ether oxygens (including phenoxy) is 1. The molecule has 3 aromatic rings. The van der Waals surface area contributed by atoms with Crippen molar-refractivity contribution >= 4 is 28.9 Å². The van der Waals surface area contributed by atoms with Crippen molar-refractivity contribution in [2.75, 3.05) is 68.0 Å². The highest BCUT2D eigenvalue weighted by Crippen LogP contribution is 2.36. The summed E-state index contributed by atoms with van der Waals surface area (Å²) in [6.45, 7) is 7.65. The summed E-state index contributed by atoms with van der Waals surface area (Å²) in [6.07, 6.45) is 5.90. The minimum Gasteiger partial charge on any atom is -0.378 e. The monoisotopic (exact) mass is 436 g/mol. The fourth-order valence-corrected chi connectivity index (χ4v) is 4.39. The summed E-state index contributed by atoms with van der Waals surface area (Å²) >= 11 is 0. The Kier molecular flexibility index (Phi) is 4.99. The van der Waals surface area contributed by atoms with E-state index in [1.807, 2.05) is 0 Å². The van der Waals surface area contributed by atoms with Crippen LogP contribution in [0.4, 0.5) is 17.7 Å². The summed E-state index contributed by atoms with van der Waals surface area (Å²) in [5.74, 6) is 3.39. The van der Waals surface area contributed by atoms with Gasteiger partial charge in [0, 0.05) is 58.2 Å². The molecule has 2 aliphatic heterocycles. The lowest BCUT2D eigenvalue weighted by Crippen LogP contribution is -2.44. The molecule has 5 heterocycles. The van der Waals surface area contributed by atoms with Crippen molar-refractivity contribution < 1.29 is 4.74 Å². The number of aromatic nitrogens is 6. The van der Waals surface area contributed by atoms with E-state index >= 15 is 0 Å². The van der Waals surface area contributed by atoms with Crippen molar-refractivity contribution in [2.24, 2.45) is 5.92 Å². The number of imidazole rings is 1. The number of hydrogen-bond donors (Lipinski definition) is 2. The van der Waals surface area contributed by atoms with Crippen LogP contribution in [0.3, 0.4) is 0 Å². The Morgan fingerprint density at radius 3 is 2.44 bits per heavy atom. The zero-order valence-corrected chi connectivity index (χ0v) is 18.1. The molecule has 3 aromatic heterocycles. The summed E-state index contributed by atoms with van der Waals surface area (Å²) < 4.78 is 7.90. The van der Waals surface area contributed by atoms with Gasteiger partial charge in [0.25, 0.3) is 0 Å².